The van der Waals surface area contributed by atoms with Crippen LogP contribution in [0.5, 0.6) is 0 Å². The Labute approximate surface area is 115 Å². The van der Waals surface area contributed by atoms with Crippen LogP contribution in [0.1, 0.15) is 45.4 Å². The Bertz CT molecular complexity index is 282. The zero-order valence-corrected chi connectivity index (χ0v) is 11.9. The van der Waals surface area contributed by atoms with E-state index in [1.807, 2.05) is 0 Å². The maximum absolute atomic E-state index is 11.9. The number of nitrogens with one attached hydrogen (secondary N) is 2. The summed E-state index contributed by atoms with van der Waals surface area (Å²) < 4.78 is 0. The molecule has 106 valence electrons. The van der Waals surface area contributed by atoms with Crippen molar-refractivity contribution in [2.75, 3.05) is 13.1 Å². The molecule has 3 atom stereocenters. The van der Waals surface area contributed by atoms with Crippen LogP contribution in [0.4, 0.5) is 0 Å². The first-order valence-corrected chi connectivity index (χ1v) is 6.81. The molecule has 0 bridgehead atoms. The Hall–Kier alpha value is -0.320. The molecule has 5 heteroatoms. The van der Waals surface area contributed by atoms with Gasteiger partial charge in [0.15, 0.2) is 0 Å². The van der Waals surface area contributed by atoms with Crippen molar-refractivity contribution in [3.8, 4) is 0 Å². The van der Waals surface area contributed by atoms with Crippen molar-refractivity contribution in [1.82, 2.24) is 10.6 Å². The van der Waals surface area contributed by atoms with E-state index in [4.69, 9.17) is 0 Å². The van der Waals surface area contributed by atoms with Crippen molar-refractivity contribution >= 4 is 18.3 Å². The number of hydrogen-bond acceptors (Lipinski definition) is 3. The third kappa shape index (κ3) is 3.59. The molecule has 1 saturated heterocycles. The first-order valence-electron chi connectivity index (χ1n) is 6.81. The number of carbonyl (C=O) groups is 1. The van der Waals surface area contributed by atoms with Crippen molar-refractivity contribution in [3.63, 3.8) is 0 Å². The van der Waals surface area contributed by atoms with Gasteiger partial charge in [-0.25, -0.2) is 0 Å². The van der Waals surface area contributed by atoms with Crippen LogP contribution in [-0.4, -0.2) is 36.2 Å². The molecule has 1 aliphatic carbocycles. The lowest BCUT2D eigenvalue weighted by Gasteiger charge is -2.38. The highest BCUT2D eigenvalue weighted by atomic mass is 35.5. The summed E-state index contributed by atoms with van der Waals surface area (Å²) in [6, 6.07) is -0.0145. The zero-order chi connectivity index (χ0) is 12.3. The van der Waals surface area contributed by atoms with Gasteiger partial charge in [0, 0.05) is 12.0 Å². The van der Waals surface area contributed by atoms with Crippen LogP contribution in [-0.2, 0) is 4.79 Å². The third-order valence-corrected chi connectivity index (χ3v) is 4.32. The third-order valence-electron chi connectivity index (χ3n) is 4.32. The van der Waals surface area contributed by atoms with Crippen LogP contribution in [0.25, 0.3) is 0 Å². The lowest BCUT2D eigenvalue weighted by atomic mass is 9.73. The van der Waals surface area contributed by atoms with E-state index in [2.05, 4.69) is 17.6 Å². The number of halogens is 1. The van der Waals surface area contributed by atoms with Crippen LogP contribution in [0.15, 0.2) is 0 Å². The van der Waals surface area contributed by atoms with Gasteiger partial charge in [-0.05, 0) is 32.2 Å². The number of rotatable bonds is 3. The molecule has 2 aliphatic rings. The van der Waals surface area contributed by atoms with Crippen molar-refractivity contribution in [2.24, 2.45) is 5.41 Å². The van der Waals surface area contributed by atoms with Gasteiger partial charge in [0.05, 0.1) is 12.1 Å². The maximum Gasteiger partial charge on any atom is 0.237 e. The van der Waals surface area contributed by atoms with Gasteiger partial charge >= 0.3 is 0 Å². The zero-order valence-electron chi connectivity index (χ0n) is 11.1. The Morgan fingerprint density at radius 1 is 1.39 bits per heavy atom. The fourth-order valence-corrected chi connectivity index (χ4v) is 2.91. The quantitative estimate of drug-likeness (QED) is 0.726. The monoisotopic (exact) mass is 276 g/mol. The second-order valence-corrected chi connectivity index (χ2v) is 5.78. The molecule has 1 amide bonds. The van der Waals surface area contributed by atoms with Gasteiger partial charge in [-0.15, -0.1) is 12.4 Å². The average molecular weight is 277 g/mol. The molecule has 3 unspecified atom stereocenters. The molecule has 3 N–H and O–H groups in total. The maximum atomic E-state index is 11.9. The molecule has 0 radical (unpaired) electrons. The van der Waals surface area contributed by atoms with Crippen molar-refractivity contribution in [1.29, 1.82) is 0 Å². The standard InChI is InChI=1S/C13H24N2O2.ClH/c1-13(7-3-2-6-11(13)16)9-15-12(17)10-5-4-8-14-10;/h10-11,14,16H,2-9H2,1H3,(H,15,17);1H. The summed E-state index contributed by atoms with van der Waals surface area (Å²) in [7, 11) is 0. The van der Waals surface area contributed by atoms with Gasteiger partial charge < -0.3 is 15.7 Å². The summed E-state index contributed by atoms with van der Waals surface area (Å²) in [5.41, 5.74) is -0.132. The lowest BCUT2D eigenvalue weighted by molar-refractivity contribution is -0.124. The van der Waals surface area contributed by atoms with Crippen molar-refractivity contribution in [3.05, 3.63) is 0 Å². The number of carbonyl (C=O) groups excluding carboxylic acids is 1. The number of aliphatic hydroxyl groups is 1. The smallest absolute Gasteiger partial charge is 0.237 e. The van der Waals surface area contributed by atoms with E-state index in [0.717, 1.165) is 45.1 Å². The van der Waals surface area contributed by atoms with Crippen LogP contribution < -0.4 is 10.6 Å². The van der Waals surface area contributed by atoms with E-state index in [1.54, 1.807) is 0 Å². The van der Waals surface area contributed by atoms with Gasteiger partial charge in [-0.1, -0.05) is 19.8 Å². The van der Waals surface area contributed by atoms with Crippen molar-refractivity contribution < 1.29 is 9.90 Å². The number of aliphatic hydroxyl groups excluding tert-OH is 1. The highest BCUT2D eigenvalue weighted by molar-refractivity contribution is 5.85. The van der Waals surface area contributed by atoms with E-state index in [0.29, 0.717) is 6.54 Å². The Morgan fingerprint density at radius 3 is 2.78 bits per heavy atom. The molecule has 1 aliphatic heterocycles. The van der Waals surface area contributed by atoms with E-state index in [1.165, 1.54) is 0 Å². The number of hydrogen-bond donors (Lipinski definition) is 3. The van der Waals surface area contributed by atoms with Gasteiger partial charge in [0.1, 0.15) is 0 Å². The van der Waals surface area contributed by atoms with Gasteiger partial charge in [-0.2, -0.15) is 0 Å². The van der Waals surface area contributed by atoms with Crippen molar-refractivity contribution in [2.45, 2.75) is 57.6 Å². The molecule has 1 heterocycles. The van der Waals surface area contributed by atoms with E-state index < -0.39 is 0 Å². The molecule has 0 aromatic rings. The van der Waals surface area contributed by atoms with Gasteiger partial charge in [0.25, 0.3) is 0 Å². The minimum atomic E-state index is -0.270. The Morgan fingerprint density at radius 2 is 2.17 bits per heavy atom. The first kappa shape index (κ1) is 15.7. The Kier molecular flexibility index (Phi) is 5.89. The fraction of sp³-hybridized carbons (Fsp3) is 0.923. The topological polar surface area (TPSA) is 61.4 Å². The fourth-order valence-electron chi connectivity index (χ4n) is 2.91. The minimum Gasteiger partial charge on any atom is -0.392 e. The highest BCUT2D eigenvalue weighted by Gasteiger charge is 2.36. The second-order valence-electron chi connectivity index (χ2n) is 5.78. The lowest BCUT2D eigenvalue weighted by Crippen LogP contribution is -2.49. The highest BCUT2D eigenvalue weighted by Crippen LogP contribution is 2.35. The summed E-state index contributed by atoms with van der Waals surface area (Å²) in [6.07, 6.45) is 5.89. The van der Waals surface area contributed by atoms with Gasteiger partial charge in [0.2, 0.25) is 5.91 Å². The Balaban J connectivity index is 0.00000162. The molecule has 0 spiro atoms. The van der Waals surface area contributed by atoms with Crippen LogP contribution in [0, 0.1) is 5.41 Å². The molecule has 0 aromatic heterocycles. The predicted molar refractivity (Wildman–Crippen MR) is 73.9 cm³/mol. The molecular weight excluding hydrogens is 252 g/mol. The second kappa shape index (κ2) is 6.73. The molecule has 4 nitrogen and oxygen atoms in total. The molecular formula is C13H25ClN2O2. The minimum absolute atomic E-state index is 0. The average Bonchev–Trinajstić information content (AvgIpc) is 2.84. The van der Waals surface area contributed by atoms with Crippen LogP contribution in [0.3, 0.4) is 0 Å². The van der Waals surface area contributed by atoms with Crippen LogP contribution in [0.2, 0.25) is 0 Å². The molecule has 1 saturated carbocycles. The summed E-state index contributed by atoms with van der Waals surface area (Å²) in [6.45, 7) is 3.63. The molecule has 0 aromatic carbocycles. The molecule has 18 heavy (non-hydrogen) atoms. The molecule has 2 rings (SSSR count). The summed E-state index contributed by atoms with van der Waals surface area (Å²) in [4.78, 5) is 11.9. The normalized spacial score (nSPS) is 35.9. The summed E-state index contributed by atoms with van der Waals surface area (Å²) in [5.74, 6) is 0.0986. The van der Waals surface area contributed by atoms with E-state index >= 15 is 0 Å². The van der Waals surface area contributed by atoms with E-state index in [9.17, 15) is 9.90 Å². The largest absolute Gasteiger partial charge is 0.392 e. The van der Waals surface area contributed by atoms with Gasteiger partial charge in [-0.3, -0.25) is 4.79 Å². The SMILES string of the molecule is CC1(CNC(=O)C2CCCN2)CCCCC1O.Cl. The predicted octanol–water partition coefficient (Wildman–Crippen LogP) is 1.22. The molecule has 2 fully saturated rings. The van der Waals surface area contributed by atoms with E-state index in [-0.39, 0.29) is 35.9 Å². The summed E-state index contributed by atoms with van der Waals surface area (Å²) in [5, 5.41) is 16.2. The van der Waals surface area contributed by atoms with Crippen LogP contribution >= 0.6 is 12.4 Å². The number of amides is 1. The first-order chi connectivity index (χ1) is 8.12. The summed E-state index contributed by atoms with van der Waals surface area (Å²) >= 11 is 0.